The second kappa shape index (κ2) is 4.58. The number of unbranched alkanes of at least 4 members (excludes halogenated alkanes) is 1. The first-order valence-electron chi connectivity index (χ1n) is 5.03. The largest absolute Gasteiger partial charge is 0.0851 e. The Kier molecular flexibility index (Phi) is 3.68. The van der Waals surface area contributed by atoms with Crippen LogP contribution in [0.3, 0.4) is 0 Å². The van der Waals surface area contributed by atoms with E-state index in [-0.39, 0.29) is 0 Å². The Morgan fingerprint density at radius 1 is 1.45 bits per heavy atom. The third-order valence-electron chi connectivity index (χ3n) is 2.68. The highest BCUT2D eigenvalue weighted by Crippen LogP contribution is 2.28. The summed E-state index contributed by atoms with van der Waals surface area (Å²) >= 11 is 0. The molecule has 0 heterocycles. The van der Waals surface area contributed by atoms with Gasteiger partial charge in [0.1, 0.15) is 0 Å². The molecule has 0 aromatic carbocycles. The number of allylic oxidation sites excluding steroid dienone is 2. The lowest BCUT2D eigenvalue weighted by Crippen LogP contribution is -2.05. The van der Waals surface area contributed by atoms with E-state index in [0.29, 0.717) is 0 Å². The lowest BCUT2D eigenvalue weighted by molar-refractivity contribution is 0.481. The summed E-state index contributed by atoms with van der Waals surface area (Å²) in [5, 5.41) is 0. The molecule has 0 heteroatoms. The van der Waals surface area contributed by atoms with E-state index in [2.05, 4.69) is 19.9 Å². The molecule has 0 aliphatic heterocycles. The van der Waals surface area contributed by atoms with Crippen LogP contribution in [0.5, 0.6) is 0 Å². The molecule has 0 aromatic rings. The first-order valence-corrected chi connectivity index (χ1v) is 5.03. The van der Waals surface area contributed by atoms with Crippen molar-refractivity contribution in [2.45, 2.75) is 52.4 Å². The van der Waals surface area contributed by atoms with Crippen molar-refractivity contribution in [3.63, 3.8) is 0 Å². The van der Waals surface area contributed by atoms with Crippen molar-refractivity contribution in [1.29, 1.82) is 0 Å². The minimum Gasteiger partial charge on any atom is -0.0851 e. The van der Waals surface area contributed by atoms with Gasteiger partial charge in [-0.05, 0) is 31.6 Å². The van der Waals surface area contributed by atoms with Crippen LogP contribution >= 0.6 is 0 Å². The van der Waals surface area contributed by atoms with Gasteiger partial charge in [-0.2, -0.15) is 0 Å². The van der Waals surface area contributed by atoms with Gasteiger partial charge in [0, 0.05) is 0 Å². The molecule has 0 saturated heterocycles. The summed E-state index contributed by atoms with van der Waals surface area (Å²) in [5.41, 5.74) is 1.73. The average molecular weight is 152 g/mol. The van der Waals surface area contributed by atoms with Crippen LogP contribution < -0.4 is 0 Å². The minimum atomic E-state index is 0.885. The molecular weight excluding hydrogens is 132 g/mol. The molecule has 64 valence electrons. The van der Waals surface area contributed by atoms with Gasteiger partial charge in [0.05, 0.1) is 0 Å². The molecular formula is C11H20. The third-order valence-corrected chi connectivity index (χ3v) is 2.68. The second-order valence-corrected chi connectivity index (χ2v) is 3.71. The molecule has 0 nitrogen and oxygen atoms in total. The first kappa shape index (κ1) is 8.83. The summed E-state index contributed by atoms with van der Waals surface area (Å²) in [6.45, 7) is 4.63. The molecule has 1 aliphatic rings. The van der Waals surface area contributed by atoms with E-state index in [1.165, 1.54) is 38.5 Å². The summed E-state index contributed by atoms with van der Waals surface area (Å²) in [5.74, 6) is 0.885. The Hall–Kier alpha value is -0.260. The van der Waals surface area contributed by atoms with E-state index < -0.39 is 0 Å². The predicted molar refractivity (Wildman–Crippen MR) is 50.6 cm³/mol. The summed E-state index contributed by atoms with van der Waals surface area (Å²) in [4.78, 5) is 0. The highest BCUT2D eigenvalue weighted by Gasteiger charge is 2.12. The average Bonchev–Trinajstić information content (AvgIpc) is 2.03. The lowest BCUT2D eigenvalue weighted by Gasteiger charge is -2.21. The van der Waals surface area contributed by atoms with Crippen LogP contribution in [0.2, 0.25) is 0 Å². The molecule has 1 unspecified atom stereocenters. The summed E-state index contributed by atoms with van der Waals surface area (Å²) in [7, 11) is 0. The minimum absolute atomic E-state index is 0.885. The second-order valence-electron chi connectivity index (χ2n) is 3.71. The van der Waals surface area contributed by atoms with Gasteiger partial charge in [-0.25, -0.2) is 0 Å². The zero-order valence-electron chi connectivity index (χ0n) is 7.90. The summed E-state index contributed by atoms with van der Waals surface area (Å²) < 4.78 is 0. The van der Waals surface area contributed by atoms with Gasteiger partial charge in [-0.15, -0.1) is 0 Å². The van der Waals surface area contributed by atoms with Crippen LogP contribution in [-0.2, 0) is 0 Å². The molecule has 1 rings (SSSR count). The fourth-order valence-corrected chi connectivity index (χ4v) is 1.84. The summed E-state index contributed by atoms with van der Waals surface area (Å²) in [6, 6.07) is 0. The maximum atomic E-state index is 2.48. The van der Waals surface area contributed by atoms with Crippen molar-refractivity contribution in [3.05, 3.63) is 11.6 Å². The Bertz CT molecular complexity index is 133. The van der Waals surface area contributed by atoms with E-state index in [4.69, 9.17) is 0 Å². The van der Waals surface area contributed by atoms with E-state index in [1.54, 1.807) is 5.57 Å². The van der Waals surface area contributed by atoms with Crippen molar-refractivity contribution in [3.8, 4) is 0 Å². The maximum absolute atomic E-state index is 2.48. The standard InChI is InChI=1S/C11H20/c1-3-4-8-11-9-6-5-7-10(11)2/h8,10H,3-7,9H2,1-2H3/b11-8-. The Morgan fingerprint density at radius 3 is 2.91 bits per heavy atom. The van der Waals surface area contributed by atoms with Crippen molar-refractivity contribution < 1.29 is 0 Å². The Morgan fingerprint density at radius 2 is 2.27 bits per heavy atom. The molecule has 11 heavy (non-hydrogen) atoms. The normalized spacial score (nSPS) is 29.3. The van der Waals surface area contributed by atoms with Crippen LogP contribution in [0.1, 0.15) is 52.4 Å². The molecule has 1 fully saturated rings. The molecule has 0 amide bonds. The molecule has 1 aliphatic carbocycles. The molecule has 0 N–H and O–H groups in total. The van der Waals surface area contributed by atoms with Crippen LogP contribution in [0.25, 0.3) is 0 Å². The molecule has 1 saturated carbocycles. The highest BCUT2D eigenvalue weighted by molar-refractivity contribution is 5.07. The van der Waals surface area contributed by atoms with E-state index in [9.17, 15) is 0 Å². The first-order chi connectivity index (χ1) is 5.34. The van der Waals surface area contributed by atoms with Gasteiger partial charge < -0.3 is 0 Å². The molecule has 0 radical (unpaired) electrons. The van der Waals surface area contributed by atoms with Crippen molar-refractivity contribution in [2.24, 2.45) is 5.92 Å². The van der Waals surface area contributed by atoms with Gasteiger partial charge in [0.15, 0.2) is 0 Å². The quantitative estimate of drug-likeness (QED) is 0.526. The predicted octanol–water partition coefficient (Wildman–Crippen LogP) is 3.92. The van der Waals surface area contributed by atoms with E-state index in [1.807, 2.05) is 0 Å². The van der Waals surface area contributed by atoms with Gasteiger partial charge in [0.25, 0.3) is 0 Å². The number of hydrogen-bond acceptors (Lipinski definition) is 0. The van der Waals surface area contributed by atoms with Crippen LogP contribution in [0, 0.1) is 5.92 Å². The monoisotopic (exact) mass is 152 g/mol. The maximum Gasteiger partial charge on any atom is -0.0232 e. The van der Waals surface area contributed by atoms with E-state index in [0.717, 1.165) is 5.92 Å². The van der Waals surface area contributed by atoms with Gasteiger partial charge >= 0.3 is 0 Å². The Labute approximate surface area is 70.7 Å². The third kappa shape index (κ3) is 2.69. The fraction of sp³-hybridized carbons (Fsp3) is 0.818. The van der Waals surface area contributed by atoms with Gasteiger partial charge in [0.2, 0.25) is 0 Å². The zero-order chi connectivity index (χ0) is 8.10. The van der Waals surface area contributed by atoms with Crippen molar-refractivity contribution >= 4 is 0 Å². The van der Waals surface area contributed by atoms with Crippen LogP contribution in [0.4, 0.5) is 0 Å². The molecule has 1 atom stereocenters. The van der Waals surface area contributed by atoms with Gasteiger partial charge in [-0.3, -0.25) is 0 Å². The van der Waals surface area contributed by atoms with Crippen LogP contribution in [0.15, 0.2) is 11.6 Å². The summed E-state index contributed by atoms with van der Waals surface area (Å²) in [6.07, 6.45) is 10.8. The molecule has 0 spiro atoms. The smallest absolute Gasteiger partial charge is 0.0232 e. The Balaban J connectivity index is 2.40. The van der Waals surface area contributed by atoms with Crippen molar-refractivity contribution in [2.75, 3.05) is 0 Å². The number of rotatable bonds is 2. The topological polar surface area (TPSA) is 0 Å². The lowest BCUT2D eigenvalue weighted by atomic mass is 9.85. The zero-order valence-corrected chi connectivity index (χ0v) is 7.90. The highest BCUT2D eigenvalue weighted by atomic mass is 14.2. The van der Waals surface area contributed by atoms with E-state index >= 15 is 0 Å². The van der Waals surface area contributed by atoms with Crippen LogP contribution in [-0.4, -0.2) is 0 Å². The fourth-order valence-electron chi connectivity index (χ4n) is 1.84. The SMILES string of the molecule is CCC/C=C1/CCCCC1C. The molecule has 0 aromatic heterocycles. The van der Waals surface area contributed by atoms with Crippen molar-refractivity contribution in [1.82, 2.24) is 0 Å². The van der Waals surface area contributed by atoms with Gasteiger partial charge in [-0.1, -0.05) is 38.3 Å². The molecule has 0 bridgehead atoms. The number of hydrogen-bond donors (Lipinski definition) is 0.